The van der Waals surface area contributed by atoms with Gasteiger partial charge in [-0.05, 0) is 62.6 Å². The minimum absolute atomic E-state index is 0.0752. The van der Waals surface area contributed by atoms with E-state index in [1.165, 1.54) is 4.31 Å². The average Bonchev–Trinajstić information content (AvgIpc) is 2.76. The van der Waals surface area contributed by atoms with Gasteiger partial charge in [-0.1, -0.05) is 0 Å². The van der Waals surface area contributed by atoms with E-state index in [9.17, 15) is 13.2 Å². The lowest BCUT2D eigenvalue weighted by Crippen LogP contribution is -2.42. The SMILES string of the molecule is CCS(=O)(=O)N1CCC(C(=O)Nc2ccc(Oc3ncccc3C#N)cc2C)CC1. The standard InChI is InChI=1S/C21H24N4O4S/c1-3-30(27,28)25-11-8-16(9-12-25)20(26)24-19-7-6-18(13-15(19)2)29-21-17(14-22)5-4-10-23-21/h4-7,10,13,16H,3,8-9,11-12H2,1-2H3,(H,24,26). The second-order valence-electron chi connectivity index (χ2n) is 7.11. The summed E-state index contributed by atoms with van der Waals surface area (Å²) < 4.78 is 31.1. The van der Waals surface area contributed by atoms with Crippen LogP contribution in [0.2, 0.25) is 0 Å². The van der Waals surface area contributed by atoms with Gasteiger partial charge in [0.05, 0.1) is 5.75 Å². The van der Waals surface area contributed by atoms with Crippen LogP contribution in [0.5, 0.6) is 11.6 Å². The van der Waals surface area contributed by atoms with Crippen LogP contribution in [0.4, 0.5) is 5.69 Å². The third-order valence-corrected chi connectivity index (χ3v) is 7.03. The van der Waals surface area contributed by atoms with E-state index < -0.39 is 10.0 Å². The fraction of sp³-hybridized carbons (Fsp3) is 0.381. The maximum Gasteiger partial charge on any atom is 0.237 e. The number of sulfonamides is 1. The molecule has 1 aliphatic heterocycles. The third-order valence-electron chi connectivity index (χ3n) is 5.14. The number of piperidine rings is 1. The van der Waals surface area contributed by atoms with E-state index in [1.54, 1.807) is 43.5 Å². The Morgan fingerprint density at radius 1 is 1.33 bits per heavy atom. The molecule has 0 bridgehead atoms. The van der Waals surface area contributed by atoms with Crippen LogP contribution in [0, 0.1) is 24.2 Å². The molecule has 8 nitrogen and oxygen atoms in total. The smallest absolute Gasteiger partial charge is 0.237 e. The van der Waals surface area contributed by atoms with Crippen LogP contribution in [-0.4, -0.2) is 42.5 Å². The Bertz CT molecular complexity index is 1070. The van der Waals surface area contributed by atoms with E-state index in [1.807, 2.05) is 13.0 Å². The van der Waals surface area contributed by atoms with Gasteiger partial charge in [0.25, 0.3) is 0 Å². The van der Waals surface area contributed by atoms with Crippen molar-refractivity contribution in [1.82, 2.24) is 9.29 Å². The van der Waals surface area contributed by atoms with E-state index in [0.717, 1.165) is 5.56 Å². The van der Waals surface area contributed by atoms with Crippen molar-refractivity contribution in [2.24, 2.45) is 5.92 Å². The summed E-state index contributed by atoms with van der Waals surface area (Å²) in [6, 6.07) is 10.5. The fourth-order valence-corrected chi connectivity index (χ4v) is 4.45. The molecule has 1 aliphatic rings. The van der Waals surface area contributed by atoms with Crippen molar-refractivity contribution >= 4 is 21.6 Å². The maximum atomic E-state index is 12.6. The molecule has 0 radical (unpaired) electrons. The number of carbonyl (C=O) groups is 1. The minimum Gasteiger partial charge on any atom is -0.438 e. The molecule has 1 N–H and O–H groups in total. The summed E-state index contributed by atoms with van der Waals surface area (Å²) in [5, 5.41) is 12.1. The highest BCUT2D eigenvalue weighted by molar-refractivity contribution is 7.89. The molecule has 30 heavy (non-hydrogen) atoms. The lowest BCUT2D eigenvalue weighted by Gasteiger charge is -2.30. The zero-order chi connectivity index (χ0) is 21.7. The first-order chi connectivity index (χ1) is 14.3. The van der Waals surface area contributed by atoms with Crippen molar-refractivity contribution in [1.29, 1.82) is 5.26 Å². The number of nitriles is 1. The van der Waals surface area contributed by atoms with Gasteiger partial charge >= 0.3 is 0 Å². The molecule has 0 atom stereocenters. The number of aryl methyl sites for hydroxylation is 1. The Morgan fingerprint density at radius 2 is 2.07 bits per heavy atom. The van der Waals surface area contributed by atoms with Crippen LogP contribution in [-0.2, 0) is 14.8 Å². The summed E-state index contributed by atoms with van der Waals surface area (Å²) >= 11 is 0. The van der Waals surface area contributed by atoms with Crippen LogP contribution in [0.1, 0.15) is 30.9 Å². The second kappa shape index (κ2) is 9.24. The predicted molar refractivity (Wildman–Crippen MR) is 113 cm³/mol. The fourth-order valence-electron chi connectivity index (χ4n) is 3.32. The number of carbonyl (C=O) groups excluding carboxylic acids is 1. The van der Waals surface area contributed by atoms with Crippen molar-refractivity contribution in [3.05, 3.63) is 47.7 Å². The summed E-state index contributed by atoms with van der Waals surface area (Å²) in [6.07, 6.45) is 2.55. The van der Waals surface area contributed by atoms with Crippen molar-refractivity contribution in [3.63, 3.8) is 0 Å². The topological polar surface area (TPSA) is 112 Å². The van der Waals surface area contributed by atoms with Gasteiger partial charge in [0.15, 0.2) is 0 Å². The second-order valence-corrected chi connectivity index (χ2v) is 9.37. The van der Waals surface area contributed by atoms with E-state index in [4.69, 9.17) is 10.00 Å². The van der Waals surface area contributed by atoms with Gasteiger partial charge in [0.1, 0.15) is 17.4 Å². The monoisotopic (exact) mass is 428 g/mol. The molecular formula is C21H24N4O4S. The largest absolute Gasteiger partial charge is 0.438 e. The number of hydrogen-bond acceptors (Lipinski definition) is 6. The number of rotatable bonds is 6. The predicted octanol–water partition coefficient (Wildman–Crippen LogP) is 3.05. The normalized spacial score (nSPS) is 15.4. The first kappa shape index (κ1) is 21.7. The van der Waals surface area contributed by atoms with Crippen molar-refractivity contribution in [2.75, 3.05) is 24.2 Å². The zero-order valence-electron chi connectivity index (χ0n) is 17.0. The molecule has 0 aliphatic carbocycles. The van der Waals surface area contributed by atoms with E-state index in [2.05, 4.69) is 10.3 Å². The number of nitrogens with zero attached hydrogens (tertiary/aromatic N) is 3. The van der Waals surface area contributed by atoms with Gasteiger partial charge in [0.2, 0.25) is 21.8 Å². The summed E-state index contributed by atoms with van der Waals surface area (Å²) in [7, 11) is -3.21. The average molecular weight is 429 g/mol. The number of ether oxygens (including phenoxy) is 1. The van der Waals surface area contributed by atoms with E-state index >= 15 is 0 Å². The van der Waals surface area contributed by atoms with Crippen molar-refractivity contribution in [2.45, 2.75) is 26.7 Å². The van der Waals surface area contributed by atoms with Gasteiger partial charge in [0, 0.05) is 30.9 Å². The zero-order valence-corrected chi connectivity index (χ0v) is 17.8. The molecule has 158 valence electrons. The van der Waals surface area contributed by atoms with Crippen LogP contribution in [0.3, 0.4) is 0 Å². The quantitative estimate of drug-likeness (QED) is 0.757. The number of hydrogen-bond donors (Lipinski definition) is 1. The number of amides is 1. The van der Waals surface area contributed by atoms with Crippen LogP contribution >= 0.6 is 0 Å². The molecule has 1 aromatic heterocycles. The summed E-state index contributed by atoms with van der Waals surface area (Å²) in [6.45, 7) is 4.21. The Balaban J connectivity index is 1.62. The summed E-state index contributed by atoms with van der Waals surface area (Å²) in [4.78, 5) is 16.7. The lowest BCUT2D eigenvalue weighted by atomic mass is 9.97. The Kier molecular flexibility index (Phi) is 6.70. The number of pyridine rings is 1. The number of nitrogens with one attached hydrogen (secondary N) is 1. The summed E-state index contributed by atoms with van der Waals surface area (Å²) in [5.41, 5.74) is 1.81. The van der Waals surface area contributed by atoms with E-state index in [-0.39, 0.29) is 23.5 Å². The molecule has 1 aromatic carbocycles. The minimum atomic E-state index is -3.21. The molecule has 0 saturated carbocycles. The highest BCUT2D eigenvalue weighted by Gasteiger charge is 2.30. The molecule has 2 heterocycles. The third kappa shape index (κ3) is 4.96. The number of benzene rings is 1. The maximum absolute atomic E-state index is 12.6. The molecule has 1 fully saturated rings. The number of aromatic nitrogens is 1. The summed E-state index contributed by atoms with van der Waals surface area (Å²) in [5.74, 6) is 0.474. The van der Waals surface area contributed by atoms with Crippen LogP contribution < -0.4 is 10.1 Å². The first-order valence-corrected chi connectivity index (χ1v) is 11.4. The molecule has 0 spiro atoms. The van der Waals surface area contributed by atoms with Gasteiger partial charge in [-0.3, -0.25) is 4.79 Å². The molecule has 0 unspecified atom stereocenters. The highest BCUT2D eigenvalue weighted by atomic mass is 32.2. The van der Waals surface area contributed by atoms with Crippen molar-refractivity contribution in [3.8, 4) is 17.7 Å². The van der Waals surface area contributed by atoms with Crippen molar-refractivity contribution < 1.29 is 17.9 Å². The molecule has 1 amide bonds. The van der Waals surface area contributed by atoms with E-state index in [0.29, 0.717) is 42.9 Å². The molecular weight excluding hydrogens is 404 g/mol. The van der Waals surface area contributed by atoms with Gasteiger partial charge in [-0.2, -0.15) is 5.26 Å². The van der Waals surface area contributed by atoms with Crippen LogP contribution in [0.15, 0.2) is 36.5 Å². The lowest BCUT2D eigenvalue weighted by molar-refractivity contribution is -0.120. The molecule has 1 saturated heterocycles. The van der Waals surface area contributed by atoms with Gasteiger partial charge < -0.3 is 10.1 Å². The Hall–Kier alpha value is -2.96. The van der Waals surface area contributed by atoms with Gasteiger partial charge in [-0.15, -0.1) is 0 Å². The Labute approximate surface area is 176 Å². The first-order valence-electron chi connectivity index (χ1n) is 9.76. The molecule has 2 aromatic rings. The molecule has 9 heteroatoms. The Morgan fingerprint density at radius 3 is 2.70 bits per heavy atom. The highest BCUT2D eigenvalue weighted by Crippen LogP contribution is 2.28. The molecule has 3 rings (SSSR count). The van der Waals surface area contributed by atoms with Crippen LogP contribution in [0.25, 0.3) is 0 Å². The number of anilines is 1. The van der Waals surface area contributed by atoms with Gasteiger partial charge in [-0.25, -0.2) is 17.7 Å².